The minimum absolute atomic E-state index is 0. The van der Waals surface area contributed by atoms with Crippen molar-refractivity contribution in [3.8, 4) is 0 Å². The standard InChI is InChI=1S/2C27H20O2P.Fe/c2*1-17-15-19-9-3-7-13-22(19)24-25-23-14-8-4-10-20(23)16-18(2)27(25)29-30(28-26(17)24)21-11-5-6-12-21;/h2*3-16H,1-2H3;/q;;+2. The zero-order valence-corrected chi connectivity index (χ0v) is 36.9. The van der Waals surface area contributed by atoms with Crippen molar-refractivity contribution in [2.75, 3.05) is 0 Å². The molecule has 2 saturated carbocycles. The van der Waals surface area contributed by atoms with Crippen molar-refractivity contribution in [3.63, 3.8) is 0 Å². The Morgan fingerprint density at radius 2 is 0.557 bits per heavy atom. The number of aryl methyl sites for hydroxylation is 4. The van der Waals surface area contributed by atoms with Gasteiger partial charge < -0.3 is 16.8 Å². The van der Waals surface area contributed by atoms with Crippen molar-refractivity contribution in [2.24, 2.45) is 0 Å². The Balaban J connectivity index is 0.000000144. The van der Waals surface area contributed by atoms with E-state index in [1.54, 1.807) is 0 Å². The summed E-state index contributed by atoms with van der Waals surface area (Å²) in [5.74, 6) is 0. The first-order chi connectivity index (χ1) is 29.4. The predicted octanol–water partition coefficient (Wildman–Crippen LogP) is 16.8. The fraction of sp³-hybridized carbons (Fsp3) is 0.0741. The van der Waals surface area contributed by atoms with Gasteiger partial charge in [-0.1, -0.05) is 97.1 Å². The SMILES string of the molecule is Cc1cc2ccccc2c2c1op([C]1[CH][CH][CH][CH]1)oc1c(C)cc3ccccc3c12.Cc1cc2ccccc2c2c1op([C]1[CH][CH][CH][CH]1)oc1c(C)cc3ccccc3c12.[Fe+2]. The molecule has 2 fully saturated rings. The fourth-order valence-corrected chi connectivity index (χ4v) is 11.8. The molecule has 2 aromatic heterocycles. The van der Waals surface area contributed by atoms with E-state index in [0.29, 0.717) is 0 Å². The van der Waals surface area contributed by atoms with Crippen LogP contribution in [0.5, 0.6) is 0 Å². The monoisotopic (exact) mass is 870 g/mol. The molecule has 2 aliphatic carbocycles. The van der Waals surface area contributed by atoms with E-state index in [0.717, 1.165) is 77.4 Å². The van der Waals surface area contributed by atoms with E-state index >= 15 is 0 Å². The van der Waals surface area contributed by atoms with Crippen molar-refractivity contribution in [3.05, 3.63) is 206 Å². The van der Waals surface area contributed by atoms with Gasteiger partial charge in [0.05, 0.1) is 11.3 Å². The third-order valence-corrected chi connectivity index (χ3v) is 14.5. The number of hydrogen-bond acceptors (Lipinski definition) is 4. The molecule has 2 heterocycles. The minimum atomic E-state index is -1.27. The third kappa shape index (κ3) is 6.99. The van der Waals surface area contributed by atoms with Crippen LogP contribution in [-0.4, -0.2) is 0 Å². The summed E-state index contributed by atoms with van der Waals surface area (Å²) in [6.07, 6.45) is 16.5. The van der Waals surface area contributed by atoms with Crippen LogP contribution in [0.4, 0.5) is 0 Å². The van der Waals surface area contributed by atoms with Crippen LogP contribution in [0.25, 0.3) is 87.0 Å². The third-order valence-electron chi connectivity index (χ3n) is 11.7. The summed E-state index contributed by atoms with van der Waals surface area (Å²) in [6, 6.07) is 43.1. The molecule has 7 heteroatoms. The largest absolute Gasteiger partial charge is 2.00 e. The van der Waals surface area contributed by atoms with Crippen LogP contribution in [0.1, 0.15) is 22.3 Å². The van der Waals surface area contributed by atoms with Gasteiger partial charge in [0.2, 0.25) is 16.0 Å². The summed E-state index contributed by atoms with van der Waals surface area (Å²) in [5, 5.41) is 14.2. The van der Waals surface area contributed by atoms with Gasteiger partial charge in [0, 0.05) is 21.5 Å². The maximum absolute atomic E-state index is 6.67. The van der Waals surface area contributed by atoms with Crippen LogP contribution < -0.4 is 0 Å². The van der Waals surface area contributed by atoms with E-state index in [1.807, 2.05) is 25.7 Å². The summed E-state index contributed by atoms with van der Waals surface area (Å²) in [5.41, 5.74) is 10.4. The number of hydrogen-bond donors (Lipinski definition) is 0. The first-order valence-electron chi connectivity index (χ1n) is 20.3. The Morgan fingerprint density at radius 3 is 0.803 bits per heavy atom. The predicted molar refractivity (Wildman–Crippen MR) is 253 cm³/mol. The molecule has 0 spiro atoms. The maximum atomic E-state index is 6.67. The van der Waals surface area contributed by atoms with Gasteiger partial charge in [0.25, 0.3) is 0 Å². The molecule has 12 rings (SSSR count). The first kappa shape index (κ1) is 40.2. The smallest absolute Gasteiger partial charge is 0.418 e. The molecule has 10 aromatic rings. The summed E-state index contributed by atoms with van der Waals surface area (Å²) in [7, 11) is -2.55. The quantitative estimate of drug-likeness (QED) is 0.162. The Hall–Kier alpha value is -4.88. The Bertz CT molecular complexity index is 2970. The van der Waals surface area contributed by atoms with Gasteiger partial charge in [-0.3, -0.25) is 0 Å². The zero-order chi connectivity index (χ0) is 40.5. The Labute approximate surface area is 368 Å². The average molecular weight is 871 g/mol. The van der Waals surface area contributed by atoms with E-state index in [4.69, 9.17) is 16.8 Å². The van der Waals surface area contributed by atoms with E-state index in [1.165, 1.54) is 43.1 Å². The first-order valence-corrected chi connectivity index (χ1v) is 22.6. The van der Waals surface area contributed by atoms with Crippen LogP contribution in [0.15, 0.2) is 138 Å². The zero-order valence-electron chi connectivity index (χ0n) is 34.0. The van der Waals surface area contributed by atoms with Gasteiger partial charge in [0.15, 0.2) is 0 Å². The summed E-state index contributed by atoms with van der Waals surface area (Å²) < 4.78 is 26.7. The van der Waals surface area contributed by atoms with Gasteiger partial charge >= 0.3 is 17.1 Å². The fourth-order valence-electron chi connectivity index (χ4n) is 8.89. The van der Waals surface area contributed by atoms with E-state index in [2.05, 4.69) is 175 Å². The molecule has 0 saturated heterocycles. The van der Waals surface area contributed by atoms with Gasteiger partial charge in [-0.2, -0.15) is 0 Å². The Kier molecular flexibility index (Phi) is 10.8. The van der Waals surface area contributed by atoms with Crippen molar-refractivity contribution in [1.82, 2.24) is 0 Å². The second kappa shape index (κ2) is 16.4. The second-order valence-corrected chi connectivity index (χ2v) is 18.4. The average Bonchev–Trinajstić information content (AvgIpc) is 3.94. The van der Waals surface area contributed by atoms with Crippen molar-refractivity contribution < 1.29 is 33.9 Å². The molecule has 61 heavy (non-hydrogen) atoms. The Morgan fingerprint density at radius 1 is 0.328 bits per heavy atom. The van der Waals surface area contributed by atoms with Gasteiger partial charge in [-0.05, 0) is 169 Å². The molecule has 8 aromatic carbocycles. The minimum Gasteiger partial charge on any atom is -0.418 e. The van der Waals surface area contributed by atoms with Crippen molar-refractivity contribution >= 4 is 103 Å². The molecular formula is C54H40FeO4P2+2. The molecule has 0 N–H and O–H groups in total. The van der Waals surface area contributed by atoms with Gasteiger partial charge in [0.1, 0.15) is 22.3 Å². The van der Waals surface area contributed by atoms with Crippen LogP contribution >= 0.6 is 16.0 Å². The topological polar surface area (TPSA) is 52.6 Å². The molecule has 0 atom stereocenters. The van der Waals surface area contributed by atoms with E-state index < -0.39 is 16.0 Å². The number of rotatable bonds is 2. The summed E-state index contributed by atoms with van der Waals surface area (Å²) >= 11 is 0. The van der Waals surface area contributed by atoms with Gasteiger partial charge in [-0.15, -0.1) is 0 Å². The van der Waals surface area contributed by atoms with Crippen LogP contribution in [0.3, 0.4) is 0 Å². The number of fused-ring (bicyclic) bond motifs is 14. The summed E-state index contributed by atoms with van der Waals surface area (Å²) in [4.78, 5) is 0. The van der Waals surface area contributed by atoms with Crippen molar-refractivity contribution in [2.45, 2.75) is 27.7 Å². The molecule has 10 radical (unpaired) electrons. The van der Waals surface area contributed by atoms with Crippen LogP contribution in [-0.2, 0) is 17.1 Å². The van der Waals surface area contributed by atoms with E-state index in [-0.39, 0.29) is 17.1 Å². The summed E-state index contributed by atoms with van der Waals surface area (Å²) in [6.45, 7) is 8.53. The maximum Gasteiger partial charge on any atom is 2.00 e. The molecule has 4 nitrogen and oxygen atoms in total. The second-order valence-electron chi connectivity index (χ2n) is 15.6. The van der Waals surface area contributed by atoms with E-state index in [9.17, 15) is 0 Å². The molecule has 0 bridgehead atoms. The van der Waals surface area contributed by atoms with Crippen LogP contribution in [0, 0.1) is 90.4 Å². The molecule has 0 unspecified atom stereocenters. The number of benzene rings is 8. The van der Waals surface area contributed by atoms with Crippen molar-refractivity contribution in [1.29, 1.82) is 0 Å². The molecule has 296 valence electrons. The van der Waals surface area contributed by atoms with Crippen LogP contribution in [0.2, 0.25) is 0 Å². The molecule has 0 aliphatic heterocycles. The molecular weight excluding hydrogens is 830 g/mol. The molecule has 0 amide bonds. The molecule has 2 aliphatic rings. The normalized spacial score (nSPS) is 14.8. The van der Waals surface area contributed by atoms with Gasteiger partial charge in [-0.25, -0.2) is 0 Å².